The standard InChI is InChI=1S/C10H22N2O3/c1-4-12(5-2)9(15)6-11-10(3,7-13)8-14/h11,13-14H,4-8H2,1-3H3. The van der Waals surface area contributed by atoms with Crippen molar-refractivity contribution in [2.75, 3.05) is 32.8 Å². The molecule has 0 aromatic rings. The Labute approximate surface area is 91.1 Å². The van der Waals surface area contributed by atoms with Gasteiger partial charge in [0, 0.05) is 13.1 Å². The minimum atomic E-state index is -0.789. The molecule has 5 heteroatoms. The number of carbonyl (C=O) groups is 1. The van der Waals surface area contributed by atoms with Gasteiger partial charge in [-0.15, -0.1) is 0 Å². The summed E-state index contributed by atoms with van der Waals surface area (Å²) >= 11 is 0. The predicted octanol–water partition coefficient (Wildman–Crippen LogP) is -0.812. The van der Waals surface area contributed by atoms with E-state index in [0.717, 1.165) is 0 Å². The first-order valence-corrected chi connectivity index (χ1v) is 5.27. The summed E-state index contributed by atoms with van der Waals surface area (Å²) in [7, 11) is 0. The van der Waals surface area contributed by atoms with Gasteiger partial charge >= 0.3 is 0 Å². The minimum absolute atomic E-state index is 0.0203. The molecule has 0 atom stereocenters. The van der Waals surface area contributed by atoms with E-state index in [1.807, 2.05) is 13.8 Å². The highest BCUT2D eigenvalue weighted by molar-refractivity contribution is 5.78. The van der Waals surface area contributed by atoms with Gasteiger partial charge in [0.2, 0.25) is 5.91 Å². The fourth-order valence-corrected chi connectivity index (χ4v) is 1.14. The maximum absolute atomic E-state index is 11.6. The van der Waals surface area contributed by atoms with Crippen molar-refractivity contribution < 1.29 is 15.0 Å². The molecule has 0 unspecified atom stereocenters. The Morgan fingerprint density at radius 2 is 1.73 bits per heavy atom. The minimum Gasteiger partial charge on any atom is -0.394 e. The first-order chi connectivity index (χ1) is 7.02. The molecule has 0 aliphatic carbocycles. The normalized spacial score (nSPS) is 11.5. The van der Waals surface area contributed by atoms with Crippen LogP contribution in [-0.2, 0) is 4.79 Å². The van der Waals surface area contributed by atoms with E-state index in [0.29, 0.717) is 13.1 Å². The van der Waals surface area contributed by atoms with Crippen LogP contribution in [-0.4, -0.2) is 59.4 Å². The first kappa shape index (κ1) is 14.3. The fraction of sp³-hybridized carbons (Fsp3) is 0.900. The van der Waals surface area contributed by atoms with Crippen LogP contribution in [0, 0.1) is 0 Å². The van der Waals surface area contributed by atoms with Crippen molar-refractivity contribution in [3.63, 3.8) is 0 Å². The van der Waals surface area contributed by atoms with Gasteiger partial charge in [0.15, 0.2) is 0 Å². The third kappa shape index (κ3) is 4.59. The van der Waals surface area contributed by atoms with Gasteiger partial charge in [0.1, 0.15) is 0 Å². The third-order valence-corrected chi connectivity index (χ3v) is 2.48. The Bertz CT molecular complexity index is 189. The van der Waals surface area contributed by atoms with Crippen molar-refractivity contribution in [1.29, 1.82) is 0 Å². The van der Waals surface area contributed by atoms with Crippen LogP contribution in [0.2, 0.25) is 0 Å². The number of amides is 1. The number of carbonyl (C=O) groups excluding carboxylic acids is 1. The van der Waals surface area contributed by atoms with Crippen molar-refractivity contribution in [3.05, 3.63) is 0 Å². The number of aliphatic hydroxyl groups is 2. The van der Waals surface area contributed by atoms with Crippen LogP contribution in [0.25, 0.3) is 0 Å². The average molecular weight is 218 g/mol. The summed E-state index contributed by atoms with van der Waals surface area (Å²) in [6, 6.07) is 0. The molecule has 0 aromatic carbocycles. The molecular weight excluding hydrogens is 196 g/mol. The maximum atomic E-state index is 11.6. The van der Waals surface area contributed by atoms with E-state index < -0.39 is 5.54 Å². The number of hydrogen-bond donors (Lipinski definition) is 3. The fourth-order valence-electron chi connectivity index (χ4n) is 1.14. The summed E-state index contributed by atoms with van der Waals surface area (Å²) in [4.78, 5) is 13.3. The second-order valence-corrected chi connectivity index (χ2v) is 3.80. The molecule has 0 spiro atoms. The average Bonchev–Trinajstić information content (AvgIpc) is 2.27. The van der Waals surface area contributed by atoms with E-state index in [4.69, 9.17) is 10.2 Å². The summed E-state index contributed by atoms with van der Waals surface area (Å²) < 4.78 is 0. The zero-order chi connectivity index (χ0) is 11.9. The second-order valence-electron chi connectivity index (χ2n) is 3.80. The molecule has 0 rings (SSSR count). The highest BCUT2D eigenvalue weighted by Crippen LogP contribution is 2.00. The topological polar surface area (TPSA) is 72.8 Å². The lowest BCUT2D eigenvalue weighted by atomic mass is 10.1. The van der Waals surface area contributed by atoms with Crippen LogP contribution in [0.15, 0.2) is 0 Å². The summed E-state index contributed by atoms with van der Waals surface area (Å²) in [6.07, 6.45) is 0. The van der Waals surface area contributed by atoms with Gasteiger partial charge in [-0.3, -0.25) is 10.1 Å². The Hall–Kier alpha value is -0.650. The van der Waals surface area contributed by atoms with E-state index >= 15 is 0 Å². The van der Waals surface area contributed by atoms with Crippen LogP contribution in [0.5, 0.6) is 0 Å². The molecule has 0 saturated carbocycles. The summed E-state index contributed by atoms with van der Waals surface area (Å²) in [5.74, 6) is -0.0203. The second kappa shape index (κ2) is 6.76. The molecule has 1 amide bonds. The number of rotatable bonds is 7. The number of aliphatic hydroxyl groups excluding tert-OH is 2. The molecule has 0 saturated heterocycles. The number of hydrogen-bond acceptors (Lipinski definition) is 4. The molecule has 5 nitrogen and oxygen atoms in total. The summed E-state index contributed by atoms with van der Waals surface area (Å²) in [6.45, 7) is 6.58. The molecule has 0 aliphatic rings. The molecule has 90 valence electrons. The van der Waals surface area contributed by atoms with Gasteiger partial charge in [-0.25, -0.2) is 0 Å². The monoisotopic (exact) mass is 218 g/mol. The van der Waals surface area contributed by atoms with Gasteiger partial charge in [0.25, 0.3) is 0 Å². The third-order valence-electron chi connectivity index (χ3n) is 2.48. The van der Waals surface area contributed by atoms with Crippen molar-refractivity contribution >= 4 is 5.91 Å². The van der Waals surface area contributed by atoms with Crippen molar-refractivity contribution in [2.24, 2.45) is 0 Å². The smallest absolute Gasteiger partial charge is 0.236 e. The molecule has 0 aromatic heterocycles. The Morgan fingerprint density at radius 3 is 2.07 bits per heavy atom. The van der Waals surface area contributed by atoms with Crippen LogP contribution < -0.4 is 5.32 Å². The van der Waals surface area contributed by atoms with E-state index in [1.165, 1.54) is 0 Å². The van der Waals surface area contributed by atoms with E-state index in [9.17, 15) is 4.79 Å². The van der Waals surface area contributed by atoms with Gasteiger partial charge < -0.3 is 15.1 Å². The Balaban J connectivity index is 4.08. The molecule has 0 heterocycles. The summed E-state index contributed by atoms with van der Waals surface area (Å²) in [5, 5.41) is 20.9. The Kier molecular flexibility index (Phi) is 6.47. The number of nitrogens with zero attached hydrogens (tertiary/aromatic N) is 1. The Morgan fingerprint density at radius 1 is 1.27 bits per heavy atom. The van der Waals surface area contributed by atoms with Gasteiger partial charge in [-0.1, -0.05) is 0 Å². The van der Waals surface area contributed by atoms with Crippen molar-refractivity contribution in [2.45, 2.75) is 26.3 Å². The molecular formula is C10H22N2O3. The van der Waals surface area contributed by atoms with Crippen LogP contribution in [0.4, 0.5) is 0 Å². The van der Waals surface area contributed by atoms with E-state index in [-0.39, 0.29) is 25.7 Å². The molecule has 3 N–H and O–H groups in total. The number of nitrogens with one attached hydrogen (secondary N) is 1. The molecule has 15 heavy (non-hydrogen) atoms. The maximum Gasteiger partial charge on any atom is 0.236 e. The van der Waals surface area contributed by atoms with E-state index in [2.05, 4.69) is 5.32 Å². The van der Waals surface area contributed by atoms with Gasteiger partial charge in [0.05, 0.1) is 25.3 Å². The van der Waals surface area contributed by atoms with Crippen molar-refractivity contribution in [1.82, 2.24) is 10.2 Å². The summed E-state index contributed by atoms with van der Waals surface area (Å²) in [5.41, 5.74) is -0.789. The van der Waals surface area contributed by atoms with E-state index in [1.54, 1.807) is 11.8 Å². The SMILES string of the molecule is CCN(CC)C(=O)CNC(C)(CO)CO. The number of likely N-dealkylation sites (N-methyl/N-ethyl adjacent to an activating group) is 1. The predicted molar refractivity (Wildman–Crippen MR) is 58.5 cm³/mol. The van der Waals surface area contributed by atoms with Crippen LogP contribution >= 0.6 is 0 Å². The highest BCUT2D eigenvalue weighted by Gasteiger charge is 2.23. The lowest BCUT2D eigenvalue weighted by Gasteiger charge is -2.27. The van der Waals surface area contributed by atoms with Crippen molar-refractivity contribution in [3.8, 4) is 0 Å². The van der Waals surface area contributed by atoms with Gasteiger partial charge in [-0.05, 0) is 20.8 Å². The largest absolute Gasteiger partial charge is 0.394 e. The van der Waals surface area contributed by atoms with Crippen LogP contribution in [0.3, 0.4) is 0 Å². The molecule has 0 radical (unpaired) electrons. The lowest BCUT2D eigenvalue weighted by Crippen LogP contribution is -2.52. The van der Waals surface area contributed by atoms with Gasteiger partial charge in [-0.2, -0.15) is 0 Å². The molecule has 0 fully saturated rings. The molecule has 0 bridgehead atoms. The zero-order valence-electron chi connectivity index (χ0n) is 9.79. The lowest BCUT2D eigenvalue weighted by molar-refractivity contribution is -0.130. The highest BCUT2D eigenvalue weighted by atomic mass is 16.3. The zero-order valence-corrected chi connectivity index (χ0v) is 9.79. The van der Waals surface area contributed by atoms with Crippen LogP contribution in [0.1, 0.15) is 20.8 Å². The molecule has 0 aliphatic heterocycles. The quantitative estimate of drug-likeness (QED) is 0.522. The first-order valence-electron chi connectivity index (χ1n) is 5.27.